The van der Waals surface area contributed by atoms with Gasteiger partial charge in [-0.25, -0.2) is 9.98 Å². The van der Waals surface area contributed by atoms with Crippen molar-refractivity contribution >= 4 is 29.3 Å². The molecule has 2 aromatic heterocycles. The van der Waals surface area contributed by atoms with Crippen LogP contribution in [0.4, 0.5) is 0 Å². The maximum absolute atomic E-state index is 12.8. The predicted octanol–water partition coefficient (Wildman–Crippen LogP) is 4.13. The SMILES string of the molecule is COc1ccc(CSc2nc(Cl)ccc2C(=O)N=c2ccn(O)c(C)c2)c(OC)c1. The molecule has 0 radical (unpaired) electrons. The summed E-state index contributed by atoms with van der Waals surface area (Å²) in [5.74, 6) is 1.44. The third-order valence-electron chi connectivity index (χ3n) is 4.25. The van der Waals surface area contributed by atoms with E-state index in [-0.39, 0.29) is 5.15 Å². The van der Waals surface area contributed by atoms with Gasteiger partial charge in [0, 0.05) is 23.6 Å². The van der Waals surface area contributed by atoms with E-state index in [2.05, 4.69) is 9.98 Å². The van der Waals surface area contributed by atoms with Gasteiger partial charge in [0.15, 0.2) is 0 Å². The lowest BCUT2D eigenvalue weighted by molar-refractivity contribution is 0.0994. The highest BCUT2D eigenvalue weighted by Crippen LogP contribution is 2.32. The fourth-order valence-electron chi connectivity index (χ4n) is 2.65. The smallest absolute Gasteiger partial charge is 0.280 e. The molecule has 0 saturated carbocycles. The number of nitrogens with zero attached hydrogens (tertiary/aromatic N) is 3. The van der Waals surface area contributed by atoms with E-state index >= 15 is 0 Å². The molecule has 2 heterocycles. The fraction of sp³-hybridized carbons (Fsp3) is 0.190. The number of hydrogen-bond acceptors (Lipinski definition) is 6. The van der Waals surface area contributed by atoms with Crippen LogP contribution in [0, 0.1) is 6.92 Å². The van der Waals surface area contributed by atoms with Gasteiger partial charge < -0.3 is 14.7 Å². The van der Waals surface area contributed by atoms with Crippen LogP contribution in [0.25, 0.3) is 0 Å². The molecule has 1 N–H and O–H groups in total. The van der Waals surface area contributed by atoms with Crippen LogP contribution in [-0.4, -0.2) is 35.0 Å². The minimum atomic E-state index is -0.446. The van der Waals surface area contributed by atoms with E-state index in [1.54, 1.807) is 51.5 Å². The Bertz CT molecular complexity index is 1150. The molecule has 0 aliphatic carbocycles. The molecular formula is C21H20ClN3O4S. The average molecular weight is 446 g/mol. The van der Waals surface area contributed by atoms with Crippen molar-refractivity contribution in [3.63, 3.8) is 0 Å². The van der Waals surface area contributed by atoms with E-state index in [0.29, 0.717) is 38.9 Å². The molecule has 3 rings (SSSR count). The lowest BCUT2D eigenvalue weighted by Gasteiger charge is -2.11. The van der Waals surface area contributed by atoms with Crippen molar-refractivity contribution in [2.24, 2.45) is 4.99 Å². The molecule has 0 aliphatic heterocycles. The number of benzene rings is 1. The fourth-order valence-corrected chi connectivity index (χ4v) is 3.85. The molecule has 0 fully saturated rings. The van der Waals surface area contributed by atoms with Gasteiger partial charge in [0.1, 0.15) is 21.7 Å². The summed E-state index contributed by atoms with van der Waals surface area (Å²) in [6, 6.07) is 11.9. The van der Waals surface area contributed by atoms with Crippen molar-refractivity contribution in [2.45, 2.75) is 17.7 Å². The molecule has 0 spiro atoms. The zero-order valence-electron chi connectivity index (χ0n) is 16.6. The number of methoxy groups -OCH3 is 2. The molecule has 1 aromatic carbocycles. The van der Waals surface area contributed by atoms with E-state index in [1.165, 1.54) is 18.0 Å². The zero-order chi connectivity index (χ0) is 21.7. The van der Waals surface area contributed by atoms with E-state index in [9.17, 15) is 10.0 Å². The predicted molar refractivity (Wildman–Crippen MR) is 115 cm³/mol. The highest BCUT2D eigenvalue weighted by atomic mass is 35.5. The number of thioether (sulfide) groups is 1. The summed E-state index contributed by atoms with van der Waals surface area (Å²) >= 11 is 7.42. The Morgan fingerprint density at radius 2 is 2.00 bits per heavy atom. The molecule has 1 amide bonds. The van der Waals surface area contributed by atoms with Crippen LogP contribution in [-0.2, 0) is 5.75 Å². The Morgan fingerprint density at radius 1 is 1.20 bits per heavy atom. The number of aromatic nitrogens is 2. The minimum Gasteiger partial charge on any atom is -0.497 e. The van der Waals surface area contributed by atoms with E-state index in [4.69, 9.17) is 21.1 Å². The number of rotatable bonds is 6. The van der Waals surface area contributed by atoms with E-state index in [0.717, 1.165) is 10.3 Å². The van der Waals surface area contributed by atoms with Crippen LogP contribution in [0.2, 0.25) is 5.15 Å². The van der Waals surface area contributed by atoms with Gasteiger partial charge in [-0.15, -0.1) is 11.8 Å². The molecule has 0 bridgehead atoms. The first kappa shape index (κ1) is 21.7. The Morgan fingerprint density at radius 3 is 2.70 bits per heavy atom. The summed E-state index contributed by atoms with van der Waals surface area (Å²) in [6.45, 7) is 1.71. The molecule has 156 valence electrons. The molecular weight excluding hydrogens is 426 g/mol. The Labute approximate surface area is 182 Å². The second-order valence-electron chi connectivity index (χ2n) is 6.24. The number of halogens is 1. The van der Waals surface area contributed by atoms with Gasteiger partial charge in [0.25, 0.3) is 5.91 Å². The van der Waals surface area contributed by atoms with Gasteiger partial charge in [-0.1, -0.05) is 17.7 Å². The minimum absolute atomic E-state index is 0.285. The van der Waals surface area contributed by atoms with Gasteiger partial charge in [-0.05, 0) is 37.3 Å². The first-order valence-electron chi connectivity index (χ1n) is 8.89. The Hall–Kier alpha value is -2.97. The third-order valence-corrected chi connectivity index (χ3v) is 5.50. The monoisotopic (exact) mass is 445 g/mol. The topological polar surface area (TPSA) is 85.9 Å². The highest BCUT2D eigenvalue weighted by molar-refractivity contribution is 7.98. The highest BCUT2D eigenvalue weighted by Gasteiger charge is 2.15. The summed E-state index contributed by atoms with van der Waals surface area (Å²) in [4.78, 5) is 21.2. The number of pyridine rings is 2. The van der Waals surface area contributed by atoms with Gasteiger partial charge in [-0.2, -0.15) is 4.73 Å². The maximum atomic E-state index is 12.8. The molecule has 0 atom stereocenters. The second kappa shape index (κ2) is 9.69. The van der Waals surface area contributed by atoms with Crippen molar-refractivity contribution < 1.29 is 19.5 Å². The van der Waals surface area contributed by atoms with Gasteiger partial charge in [-0.3, -0.25) is 4.79 Å². The molecule has 9 heteroatoms. The van der Waals surface area contributed by atoms with Crippen LogP contribution < -0.4 is 14.8 Å². The van der Waals surface area contributed by atoms with Crippen molar-refractivity contribution in [3.05, 3.63) is 76.0 Å². The van der Waals surface area contributed by atoms with Crippen molar-refractivity contribution in [1.29, 1.82) is 0 Å². The largest absolute Gasteiger partial charge is 0.497 e. The maximum Gasteiger partial charge on any atom is 0.280 e. The Kier molecular flexibility index (Phi) is 7.02. The zero-order valence-corrected chi connectivity index (χ0v) is 18.2. The summed E-state index contributed by atoms with van der Waals surface area (Å²) in [5, 5.41) is 10.8. The summed E-state index contributed by atoms with van der Waals surface area (Å²) in [6.07, 6.45) is 1.42. The van der Waals surface area contributed by atoms with Gasteiger partial charge in [0.2, 0.25) is 0 Å². The first-order valence-corrected chi connectivity index (χ1v) is 10.3. The van der Waals surface area contributed by atoms with Gasteiger partial charge >= 0.3 is 0 Å². The van der Waals surface area contributed by atoms with Crippen molar-refractivity contribution in [3.8, 4) is 11.5 Å². The van der Waals surface area contributed by atoms with Crippen LogP contribution in [0.15, 0.2) is 58.7 Å². The number of carbonyl (C=O) groups excluding carboxylic acids is 1. The average Bonchev–Trinajstić information content (AvgIpc) is 2.74. The molecule has 30 heavy (non-hydrogen) atoms. The molecule has 7 nitrogen and oxygen atoms in total. The first-order chi connectivity index (χ1) is 14.4. The normalized spacial score (nSPS) is 11.4. The summed E-state index contributed by atoms with van der Waals surface area (Å²) < 4.78 is 11.6. The van der Waals surface area contributed by atoms with Crippen LogP contribution >= 0.6 is 23.4 Å². The molecule has 3 aromatic rings. The third kappa shape index (κ3) is 5.14. The summed E-state index contributed by atoms with van der Waals surface area (Å²) in [5.41, 5.74) is 1.82. The summed E-state index contributed by atoms with van der Waals surface area (Å²) in [7, 11) is 3.18. The number of hydrogen-bond donors (Lipinski definition) is 1. The Balaban J connectivity index is 1.89. The van der Waals surface area contributed by atoms with E-state index in [1.807, 2.05) is 12.1 Å². The van der Waals surface area contributed by atoms with Crippen LogP contribution in [0.3, 0.4) is 0 Å². The van der Waals surface area contributed by atoms with Crippen molar-refractivity contribution in [1.82, 2.24) is 9.71 Å². The van der Waals surface area contributed by atoms with Crippen LogP contribution in [0.1, 0.15) is 21.6 Å². The lowest BCUT2D eigenvalue weighted by Crippen LogP contribution is -2.11. The standard InChI is InChI=1S/C21H20ClN3O4S/c1-13-10-15(8-9-25(13)27)23-20(26)17-6-7-19(22)24-21(17)30-12-14-4-5-16(28-2)11-18(14)29-3/h4-11,27H,12H2,1-3H3. The molecule has 0 unspecified atom stereocenters. The molecule has 0 aliphatic rings. The number of ether oxygens (including phenoxy) is 2. The number of carbonyl (C=O) groups is 1. The number of aryl methyl sites for hydroxylation is 1. The second-order valence-corrected chi connectivity index (χ2v) is 7.59. The van der Waals surface area contributed by atoms with E-state index < -0.39 is 5.91 Å². The quantitative estimate of drug-likeness (QED) is 0.349. The van der Waals surface area contributed by atoms with Gasteiger partial charge in [0.05, 0.1) is 30.8 Å². The molecule has 0 saturated heterocycles. The lowest BCUT2D eigenvalue weighted by atomic mass is 10.2. The number of amides is 1. The van der Waals surface area contributed by atoms with Crippen LogP contribution in [0.5, 0.6) is 11.5 Å². The van der Waals surface area contributed by atoms with Crippen molar-refractivity contribution in [2.75, 3.05) is 14.2 Å².